The van der Waals surface area contributed by atoms with Crippen LogP contribution < -0.4 is 5.73 Å². The molecule has 0 bridgehead atoms. The monoisotopic (exact) mass is 319 g/mol. The molecule has 0 aliphatic heterocycles. The summed E-state index contributed by atoms with van der Waals surface area (Å²) < 4.78 is 5.89. The molecule has 122 valence electrons. The lowest BCUT2D eigenvalue weighted by Gasteiger charge is -2.16. The lowest BCUT2D eigenvalue weighted by Crippen LogP contribution is -2.06. The number of furan rings is 1. The first kappa shape index (κ1) is 15.0. The number of anilines is 1. The topological polar surface area (TPSA) is 56.2 Å². The summed E-state index contributed by atoms with van der Waals surface area (Å²) in [5.41, 5.74) is 12.9. The molecule has 1 aromatic heterocycles. The van der Waals surface area contributed by atoms with Gasteiger partial charge in [0, 0.05) is 10.9 Å². The van der Waals surface area contributed by atoms with Crippen LogP contribution in [0.1, 0.15) is 51.2 Å². The van der Waals surface area contributed by atoms with E-state index in [1.165, 1.54) is 17.5 Å². The summed E-state index contributed by atoms with van der Waals surface area (Å²) >= 11 is 0. The first-order chi connectivity index (χ1) is 11.6. The average Bonchev–Trinajstić information content (AvgIpc) is 2.92. The predicted molar refractivity (Wildman–Crippen MR) is 96.6 cm³/mol. The van der Waals surface area contributed by atoms with Gasteiger partial charge in [0.25, 0.3) is 0 Å². The standard InChI is InChI=1S/C21H21NO2/c1-12-7-9-15(13(2)11-12)20(23)21-19(22)18-16-6-4-3-5-14(16)8-10-17(18)24-21/h7-11H,3-6,22H2,1-2H3. The minimum atomic E-state index is -0.134. The van der Waals surface area contributed by atoms with Crippen LogP contribution in [0.5, 0.6) is 0 Å². The first-order valence-electron chi connectivity index (χ1n) is 8.51. The van der Waals surface area contributed by atoms with Gasteiger partial charge in [0.15, 0.2) is 5.76 Å². The Balaban J connectivity index is 1.88. The molecule has 0 radical (unpaired) electrons. The van der Waals surface area contributed by atoms with Gasteiger partial charge in [-0.2, -0.15) is 0 Å². The molecule has 3 nitrogen and oxygen atoms in total. The highest BCUT2D eigenvalue weighted by Crippen LogP contribution is 2.37. The molecule has 0 spiro atoms. The number of nitrogens with two attached hydrogens (primary N) is 1. The van der Waals surface area contributed by atoms with Crippen molar-refractivity contribution in [1.29, 1.82) is 0 Å². The second-order valence-electron chi connectivity index (χ2n) is 6.78. The second kappa shape index (κ2) is 5.52. The maximum atomic E-state index is 13.0. The third-order valence-corrected chi connectivity index (χ3v) is 5.05. The number of benzene rings is 2. The van der Waals surface area contributed by atoms with Crippen molar-refractivity contribution in [2.45, 2.75) is 39.5 Å². The van der Waals surface area contributed by atoms with E-state index in [1.54, 1.807) is 0 Å². The van der Waals surface area contributed by atoms with E-state index in [2.05, 4.69) is 6.07 Å². The summed E-state index contributed by atoms with van der Waals surface area (Å²) in [5.74, 6) is 0.140. The molecule has 1 aliphatic carbocycles. The van der Waals surface area contributed by atoms with Crippen molar-refractivity contribution < 1.29 is 9.21 Å². The van der Waals surface area contributed by atoms with Crippen molar-refractivity contribution in [2.75, 3.05) is 5.73 Å². The normalized spacial score (nSPS) is 13.9. The Bertz CT molecular complexity index is 966. The third-order valence-electron chi connectivity index (χ3n) is 5.05. The van der Waals surface area contributed by atoms with E-state index in [9.17, 15) is 4.79 Å². The number of carbonyl (C=O) groups excluding carboxylic acids is 1. The van der Waals surface area contributed by atoms with Crippen molar-refractivity contribution in [2.24, 2.45) is 0 Å². The summed E-state index contributed by atoms with van der Waals surface area (Å²) in [6, 6.07) is 9.88. The molecule has 0 saturated heterocycles. The molecule has 2 aromatic carbocycles. The van der Waals surface area contributed by atoms with Gasteiger partial charge in [-0.1, -0.05) is 29.8 Å². The van der Waals surface area contributed by atoms with Crippen LogP contribution in [0.4, 0.5) is 5.69 Å². The van der Waals surface area contributed by atoms with E-state index >= 15 is 0 Å². The maximum absolute atomic E-state index is 13.0. The smallest absolute Gasteiger partial charge is 0.230 e. The highest BCUT2D eigenvalue weighted by atomic mass is 16.3. The van der Waals surface area contributed by atoms with Crippen molar-refractivity contribution in [1.82, 2.24) is 0 Å². The van der Waals surface area contributed by atoms with Crippen LogP contribution >= 0.6 is 0 Å². The van der Waals surface area contributed by atoms with Crippen molar-refractivity contribution in [3.63, 3.8) is 0 Å². The lowest BCUT2D eigenvalue weighted by atomic mass is 9.89. The fraction of sp³-hybridized carbons (Fsp3) is 0.286. The predicted octanol–water partition coefficient (Wildman–Crippen LogP) is 4.74. The fourth-order valence-corrected chi connectivity index (χ4v) is 3.82. The summed E-state index contributed by atoms with van der Waals surface area (Å²) in [7, 11) is 0. The Morgan fingerprint density at radius 2 is 1.88 bits per heavy atom. The molecule has 0 amide bonds. The molecule has 1 heterocycles. The van der Waals surface area contributed by atoms with Crippen molar-refractivity contribution >= 4 is 22.4 Å². The second-order valence-corrected chi connectivity index (χ2v) is 6.78. The van der Waals surface area contributed by atoms with Gasteiger partial charge < -0.3 is 10.2 Å². The number of fused-ring (bicyclic) bond motifs is 3. The van der Waals surface area contributed by atoms with Crippen LogP contribution in [-0.2, 0) is 12.8 Å². The van der Waals surface area contributed by atoms with Crippen molar-refractivity contribution in [3.05, 3.63) is 63.9 Å². The number of rotatable bonds is 2. The Labute approximate surface area is 141 Å². The molecule has 1 aliphatic rings. The van der Waals surface area contributed by atoms with Crippen LogP contribution in [0.15, 0.2) is 34.7 Å². The number of ketones is 1. The molecule has 0 atom stereocenters. The zero-order valence-electron chi connectivity index (χ0n) is 14.1. The molecule has 3 aromatic rings. The van der Waals surface area contributed by atoms with E-state index in [4.69, 9.17) is 10.2 Å². The molecular weight excluding hydrogens is 298 g/mol. The van der Waals surface area contributed by atoms with Crippen LogP contribution in [0.3, 0.4) is 0 Å². The summed E-state index contributed by atoms with van der Waals surface area (Å²) in [6.07, 6.45) is 4.46. The number of nitrogen functional groups attached to an aromatic ring is 1. The van der Waals surface area contributed by atoms with Crippen molar-refractivity contribution in [3.8, 4) is 0 Å². The molecule has 3 heteroatoms. The molecule has 0 saturated carbocycles. The van der Waals surface area contributed by atoms with Gasteiger partial charge in [-0.15, -0.1) is 0 Å². The van der Waals surface area contributed by atoms with Gasteiger partial charge in [0.1, 0.15) is 5.58 Å². The Morgan fingerprint density at radius 1 is 1.08 bits per heavy atom. The van der Waals surface area contributed by atoms with Gasteiger partial charge in [0.05, 0.1) is 5.69 Å². The zero-order chi connectivity index (χ0) is 16.8. The van der Waals surface area contributed by atoms with E-state index < -0.39 is 0 Å². The average molecular weight is 319 g/mol. The lowest BCUT2D eigenvalue weighted by molar-refractivity contribution is 0.101. The maximum Gasteiger partial charge on any atom is 0.230 e. The molecular formula is C21H21NO2. The van der Waals surface area contributed by atoms with E-state index in [0.29, 0.717) is 11.3 Å². The van der Waals surface area contributed by atoms with E-state index in [1.807, 2.05) is 38.1 Å². The van der Waals surface area contributed by atoms with Crippen LogP contribution in [-0.4, -0.2) is 5.78 Å². The Morgan fingerprint density at radius 3 is 2.67 bits per heavy atom. The highest BCUT2D eigenvalue weighted by Gasteiger charge is 2.24. The van der Waals surface area contributed by atoms with Gasteiger partial charge in [-0.05, 0) is 62.3 Å². The molecule has 0 unspecified atom stereocenters. The minimum absolute atomic E-state index is 0.134. The first-order valence-corrected chi connectivity index (χ1v) is 8.51. The number of hydrogen-bond acceptors (Lipinski definition) is 3. The Hall–Kier alpha value is -2.55. The number of aryl methyl sites for hydroxylation is 4. The highest BCUT2D eigenvalue weighted by molar-refractivity contribution is 6.15. The SMILES string of the molecule is Cc1ccc(C(=O)c2oc3ccc4c(c3c2N)CCCC4)c(C)c1. The van der Waals surface area contributed by atoms with Crippen LogP contribution in [0.25, 0.3) is 11.0 Å². The van der Waals surface area contributed by atoms with Gasteiger partial charge in [-0.25, -0.2) is 0 Å². The van der Waals surface area contributed by atoms with Crippen LogP contribution in [0, 0.1) is 13.8 Å². The fourth-order valence-electron chi connectivity index (χ4n) is 3.82. The van der Waals surface area contributed by atoms with Gasteiger partial charge in [0.2, 0.25) is 5.78 Å². The number of hydrogen-bond donors (Lipinski definition) is 1. The zero-order valence-corrected chi connectivity index (χ0v) is 14.1. The largest absolute Gasteiger partial charge is 0.450 e. The molecule has 24 heavy (non-hydrogen) atoms. The summed E-state index contributed by atoms with van der Waals surface area (Å²) in [4.78, 5) is 13.0. The Kier molecular flexibility index (Phi) is 3.45. The summed E-state index contributed by atoms with van der Waals surface area (Å²) in [5, 5.41) is 0.945. The van der Waals surface area contributed by atoms with Gasteiger partial charge in [-0.3, -0.25) is 4.79 Å². The molecule has 4 rings (SSSR count). The van der Waals surface area contributed by atoms with Gasteiger partial charge >= 0.3 is 0 Å². The summed E-state index contributed by atoms with van der Waals surface area (Å²) in [6.45, 7) is 3.96. The van der Waals surface area contributed by atoms with E-state index in [-0.39, 0.29) is 11.5 Å². The number of carbonyl (C=O) groups is 1. The van der Waals surface area contributed by atoms with Crippen LogP contribution in [0.2, 0.25) is 0 Å². The quantitative estimate of drug-likeness (QED) is 0.694. The molecule has 0 fully saturated rings. The minimum Gasteiger partial charge on any atom is -0.450 e. The molecule has 2 N–H and O–H groups in total. The van der Waals surface area contributed by atoms with E-state index in [0.717, 1.165) is 41.4 Å². The third kappa shape index (κ3) is 2.23.